The Kier molecular flexibility index (Phi) is 5.21. The van der Waals surface area contributed by atoms with Gasteiger partial charge >= 0.3 is 0 Å². The van der Waals surface area contributed by atoms with E-state index in [2.05, 4.69) is 10.6 Å². The second-order valence-electron chi connectivity index (χ2n) is 5.81. The van der Waals surface area contributed by atoms with Crippen molar-refractivity contribution in [2.75, 3.05) is 25.9 Å². The van der Waals surface area contributed by atoms with E-state index in [4.69, 9.17) is 0 Å². The van der Waals surface area contributed by atoms with Crippen LogP contribution in [0.1, 0.15) is 32.1 Å². The van der Waals surface area contributed by atoms with Crippen LogP contribution in [0.25, 0.3) is 0 Å². The van der Waals surface area contributed by atoms with E-state index in [1.165, 1.54) is 4.31 Å². The van der Waals surface area contributed by atoms with Gasteiger partial charge in [0.25, 0.3) is 0 Å². The third-order valence-electron chi connectivity index (χ3n) is 4.08. The summed E-state index contributed by atoms with van der Waals surface area (Å²) >= 11 is 0. The van der Waals surface area contributed by atoms with Crippen molar-refractivity contribution < 1.29 is 18.0 Å². The van der Waals surface area contributed by atoms with Crippen molar-refractivity contribution in [3.63, 3.8) is 0 Å². The van der Waals surface area contributed by atoms with Gasteiger partial charge in [-0.3, -0.25) is 9.59 Å². The number of sulfonamides is 1. The molecule has 8 heteroatoms. The fourth-order valence-electron chi connectivity index (χ4n) is 2.82. The zero-order valence-electron chi connectivity index (χ0n) is 12.3. The molecule has 0 saturated carbocycles. The fraction of sp³-hybridized carbons (Fsp3) is 0.846. The standard InChI is InChI=1S/C13H23N3O4S/c1-21(19,20)16-8-4-5-10(9-16)12(17)15-11-6-2-3-7-14-13(11)18/h10-11H,2-9H2,1H3,(H,14,18)(H,15,17). The number of hydrogen-bond donors (Lipinski definition) is 2. The van der Waals surface area contributed by atoms with Crippen LogP contribution in [0.5, 0.6) is 0 Å². The summed E-state index contributed by atoms with van der Waals surface area (Å²) in [6, 6.07) is -0.492. The predicted octanol–water partition coefficient (Wildman–Crippen LogP) is -0.557. The Balaban J connectivity index is 1.94. The molecule has 0 aromatic carbocycles. The summed E-state index contributed by atoms with van der Waals surface area (Å²) in [6.45, 7) is 1.32. The topological polar surface area (TPSA) is 95.6 Å². The lowest BCUT2D eigenvalue weighted by molar-refractivity contribution is -0.131. The van der Waals surface area contributed by atoms with Crippen molar-refractivity contribution in [3.05, 3.63) is 0 Å². The summed E-state index contributed by atoms with van der Waals surface area (Å²) in [5.41, 5.74) is 0. The Morgan fingerprint density at radius 2 is 2.05 bits per heavy atom. The summed E-state index contributed by atoms with van der Waals surface area (Å²) in [6.07, 6.45) is 4.94. The van der Waals surface area contributed by atoms with Crippen LogP contribution in [-0.2, 0) is 19.6 Å². The lowest BCUT2D eigenvalue weighted by atomic mass is 9.98. The Morgan fingerprint density at radius 3 is 2.76 bits per heavy atom. The third-order valence-corrected chi connectivity index (χ3v) is 5.35. The molecule has 2 rings (SSSR count). The lowest BCUT2D eigenvalue weighted by Gasteiger charge is -2.30. The number of nitrogens with zero attached hydrogens (tertiary/aromatic N) is 1. The number of hydrogen-bond acceptors (Lipinski definition) is 4. The monoisotopic (exact) mass is 317 g/mol. The maximum absolute atomic E-state index is 12.3. The molecule has 0 radical (unpaired) electrons. The average molecular weight is 317 g/mol. The minimum absolute atomic E-state index is 0.142. The van der Waals surface area contributed by atoms with Crippen LogP contribution < -0.4 is 10.6 Å². The molecule has 0 aliphatic carbocycles. The number of amides is 2. The van der Waals surface area contributed by atoms with E-state index in [-0.39, 0.29) is 24.3 Å². The highest BCUT2D eigenvalue weighted by Gasteiger charge is 2.32. The maximum atomic E-state index is 12.3. The molecule has 2 saturated heterocycles. The molecule has 2 aliphatic heterocycles. The van der Waals surface area contributed by atoms with E-state index < -0.39 is 16.1 Å². The van der Waals surface area contributed by atoms with Crippen molar-refractivity contribution in [2.24, 2.45) is 5.92 Å². The third kappa shape index (κ3) is 4.41. The second kappa shape index (κ2) is 6.74. The highest BCUT2D eigenvalue weighted by atomic mass is 32.2. The lowest BCUT2D eigenvalue weighted by Crippen LogP contribution is -2.51. The van der Waals surface area contributed by atoms with Crippen molar-refractivity contribution in [3.8, 4) is 0 Å². The fourth-order valence-corrected chi connectivity index (χ4v) is 3.74. The Hall–Kier alpha value is -1.15. The molecule has 21 heavy (non-hydrogen) atoms. The Labute approximate surface area is 125 Å². The van der Waals surface area contributed by atoms with Crippen LogP contribution in [0.15, 0.2) is 0 Å². The van der Waals surface area contributed by atoms with Crippen LogP contribution >= 0.6 is 0 Å². The van der Waals surface area contributed by atoms with Gasteiger partial charge in [0.15, 0.2) is 0 Å². The van der Waals surface area contributed by atoms with Crippen molar-refractivity contribution >= 4 is 21.8 Å². The normalized spacial score (nSPS) is 28.5. The quantitative estimate of drug-likeness (QED) is 0.729. The van der Waals surface area contributed by atoms with Crippen LogP contribution in [0.3, 0.4) is 0 Å². The van der Waals surface area contributed by atoms with Gasteiger partial charge in [0, 0.05) is 19.6 Å². The van der Waals surface area contributed by atoms with Crippen LogP contribution in [0, 0.1) is 5.92 Å². The number of carbonyl (C=O) groups is 2. The summed E-state index contributed by atoms with van der Waals surface area (Å²) < 4.78 is 24.5. The summed E-state index contributed by atoms with van der Waals surface area (Å²) in [7, 11) is -3.27. The van der Waals surface area contributed by atoms with Gasteiger partial charge in [-0.1, -0.05) is 0 Å². The molecule has 0 bridgehead atoms. The number of nitrogens with one attached hydrogen (secondary N) is 2. The Bertz CT molecular complexity index is 506. The molecule has 2 heterocycles. The van der Waals surface area contributed by atoms with Gasteiger partial charge in [-0.05, 0) is 32.1 Å². The molecule has 0 aromatic rings. The zero-order valence-corrected chi connectivity index (χ0v) is 13.1. The first kappa shape index (κ1) is 16.2. The molecular weight excluding hydrogens is 294 g/mol. The summed E-state index contributed by atoms with van der Waals surface area (Å²) in [4.78, 5) is 24.1. The molecule has 2 N–H and O–H groups in total. The van der Waals surface area contributed by atoms with Gasteiger partial charge in [-0.2, -0.15) is 0 Å². The first-order chi connectivity index (χ1) is 9.88. The average Bonchev–Trinajstić information content (AvgIpc) is 2.63. The first-order valence-corrected chi connectivity index (χ1v) is 9.26. The largest absolute Gasteiger partial charge is 0.354 e. The molecule has 2 aliphatic rings. The maximum Gasteiger partial charge on any atom is 0.242 e. The van der Waals surface area contributed by atoms with Crippen molar-refractivity contribution in [1.82, 2.24) is 14.9 Å². The van der Waals surface area contributed by atoms with E-state index in [9.17, 15) is 18.0 Å². The number of rotatable bonds is 3. The predicted molar refractivity (Wildman–Crippen MR) is 77.9 cm³/mol. The first-order valence-electron chi connectivity index (χ1n) is 7.41. The van der Waals surface area contributed by atoms with E-state index >= 15 is 0 Å². The molecule has 2 unspecified atom stereocenters. The van der Waals surface area contributed by atoms with E-state index in [1.54, 1.807) is 0 Å². The molecule has 2 amide bonds. The van der Waals surface area contributed by atoms with Crippen LogP contribution in [0.4, 0.5) is 0 Å². The smallest absolute Gasteiger partial charge is 0.242 e. The number of carbonyl (C=O) groups excluding carboxylic acids is 2. The van der Waals surface area contributed by atoms with Crippen LogP contribution in [0.2, 0.25) is 0 Å². The highest BCUT2D eigenvalue weighted by Crippen LogP contribution is 2.19. The summed E-state index contributed by atoms with van der Waals surface area (Å²) in [5, 5.41) is 5.55. The molecular formula is C13H23N3O4S. The van der Waals surface area contributed by atoms with Gasteiger partial charge in [0.2, 0.25) is 21.8 Å². The summed E-state index contributed by atoms with van der Waals surface area (Å²) in [5.74, 6) is -0.730. The molecule has 0 aromatic heterocycles. The van der Waals surface area contributed by atoms with Gasteiger partial charge in [-0.15, -0.1) is 0 Å². The Morgan fingerprint density at radius 1 is 1.29 bits per heavy atom. The number of piperidine rings is 1. The molecule has 0 spiro atoms. The molecule has 120 valence electrons. The van der Waals surface area contributed by atoms with E-state index in [1.807, 2.05) is 0 Å². The second-order valence-corrected chi connectivity index (χ2v) is 7.79. The van der Waals surface area contributed by atoms with Gasteiger partial charge < -0.3 is 10.6 Å². The van der Waals surface area contributed by atoms with Gasteiger partial charge in [0.05, 0.1) is 12.2 Å². The zero-order chi connectivity index (χ0) is 15.5. The highest BCUT2D eigenvalue weighted by molar-refractivity contribution is 7.88. The van der Waals surface area contributed by atoms with Crippen molar-refractivity contribution in [2.45, 2.75) is 38.1 Å². The molecule has 2 fully saturated rings. The SMILES string of the molecule is CS(=O)(=O)N1CCCC(C(=O)NC2CCCCNC2=O)C1. The minimum Gasteiger partial charge on any atom is -0.354 e. The van der Waals surface area contributed by atoms with Gasteiger partial charge in [-0.25, -0.2) is 12.7 Å². The van der Waals surface area contributed by atoms with Crippen molar-refractivity contribution in [1.29, 1.82) is 0 Å². The molecule has 2 atom stereocenters. The molecule has 7 nitrogen and oxygen atoms in total. The van der Waals surface area contributed by atoms with Gasteiger partial charge in [0.1, 0.15) is 6.04 Å². The van der Waals surface area contributed by atoms with E-state index in [0.717, 1.165) is 19.1 Å². The minimum atomic E-state index is -3.27. The van der Waals surface area contributed by atoms with E-state index in [0.29, 0.717) is 32.4 Å². The van der Waals surface area contributed by atoms with Crippen LogP contribution in [-0.4, -0.2) is 56.5 Å².